The lowest BCUT2D eigenvalue weighted by molar-refractivity contribution is 0.0502. The summed E-state index contributed by atoms with van der Waals surface area (Å²) in [7, 11) is 1.65. The van der Waals surface area contributed by atoms with Gasteiger partial charge < -0.3 is 15.0 Å². The van der Waals surface area contributed by atoms with E-state index in [2.05, 4.69) is 10.3 Å². The van der Waals surface area contributed by atoms with Crippen molar-refractivity contribution in [2.24, 2.45) is 16.8 Å². The molecule has 3 atom stereocenters. The van der Waals surface area contributed by atoms with Gasteiger partial charge in [-0.05, 0) is 33.3 Å². The number of nitrogens with one attached hydrogen (secondary N) is 1. The van der Waals surface area contributed by atoms with Crippen LogP contribution in [0.3, 0.4) is 0 Å². The number of hydrogen-bond acceptors (Lipinski definition) is 3. The van der Waals surface area contributed by atoms with Crippen molar-refractivity contribution >= 4 is 23.9 Å². The molecule has 0 aromatic carbocycles. The SMILES string of the molecule is C/N=C\C1CC(CCl)C(F)=CC1NC(=O)OC(C)(C)C. The van der Waals surface area contributed by atoms with Crippen LogP contribution in [-0.4, -0.2) is 36.9 Å². The summed E-state index contributed by atoms with van der Waals surface area (Å²) in [5, 5.41) is 2.67. The number of alkyl carbamates (subject to hydrolysis) is 1. The van der Waals surface area contributed by atoms with Crippen molar-refractivity contribution in [2.45, 2.75) is 38.8 Å². The van der Waals surface area contributed by atoms with Crippen LogP contribution in [0.15, 0.2) is 16.9 Å². The Morgan fingerprint density at radius 2 is 2.30 bits per heavy atom. The van der Waals surface area contributed by atoms with E-state index in [0.29, 0.717) is 6.42 Å². The zero-order valence-corrected chi connectivity index (χ0v) is 13.1. The van der Waals surface area contributed by atoms with Gasteiger partial charge in [-0.1, -0.05) is 0 Å². The topological polar surface area (TPSA) is 50.7 Å². The zero-order valence-electron chi connectivity index (χ0n) is 12.3. The minimum absolute atomic E-state index is 0.0873. The molecule has 1 rings (SSSR count). The molecule has 1 aliphatic carbocycles. The van der Waals surface area contributed by atoms with Crippen molar-refractivity contribution in [3.63, 3.8) is 0 Å². The van der Waals surface area contributed by atoms with Crippen molar-refractivity contribution in [1.82, 2.24) is 5.32 Å². The van der Waals surface area contributed by atoms with Gasteiger partial charge in [-0.15, -0.1) is 11.6 Å². The fourth-order valence-corrected chi connectivity index (χ4v) is 2.37. The Morgan fingerprint density at radius 1 is 1.65 bits per heavy atom. The normalized spacial score (nSPS) is 27.3. The van der Waals surface area contributed by atoms with E-state index in [1.54, 1.807) is 34.0 Å². The summed E-state index contributed by atoms with van der Waals surface area (Å²) in [5.41, 5.74) is -0.589. The maximum atomic E-state index is 13.8. The molecule has 4 nitrogen and oxygen atoms in total. The minimum Gasteiger partial charge on any atom is -0.444 e. The second-order valence-electron chi connectivity index (χ2n) is 5.88. The highest BCUT2D eigenvalue weighted by molar-refractivity contribution is 6.18. The Labute approximate surface area is 124 Å². The van der Waals surface area contributed by atoms with Crippen LogP contribution < -0.4 is 5.32 Å². The molecule has 6 heteroatoms. The Balaban J connectivity index is 2.79. The van der Waals surface area contributed by atoms with Gasteiger partial charge in [-0.2, -0.15) is 0 Å². The van der Waals surface area contributed by atoms with Gasteiger partial charge in [-0.25, -0.2) is 9.18 Å². The smallest absolute Gasteiger partial charge is 0.408 e. The maximum Gasteiger partial charge on any atom is 0.408 e. The second-order valence-corrected chi connectivity index (χ2v) is 6.19. The lowest BCUT2D eigenvalue weighted by Crippen LogP contribution is -2.45. The fraction of sp³-hybridized carbons (Fsp3) is 0.714. The molecule has 0 aromatic rings. The summed E-state index contributed by atoms with van der Waals surface area (Å²) < 4.78 is 19.0. The average Bonchev–Trinajstić information content (AvgIpc) is 2.30. The quantitative estimate of drug-likeness (QED) is 0.642. The molecular formula is C14H22ClFN2O2. The molecule has 0 saturated carbocycles. The number of carbonyl (C=O) groups is 1. The van der Waals surface area contributed by atoms with E-state index in [4.69, 9.17) is 16.3 Å². The molecule has 1 N–H and O–H groups in total. The number of nitrogens with zero attached hydrogens (tertiary/aromatic N) is 1. The maximum absolute atomic E-state index is 13.8. The highest BCUT2D eigenvalue weighted by Gasteiger charge is 2.32. The van der Waals surface area contributed by atoms with Gasteiger partial charge in [0, 0.05) is 31.0 Å². The molecular weight excluding hydrogens is 283 g/mol. The first kappa shape index (κ1) is 17.0. The molecule has 114 valence electrons. The van der Waals surface area contributed by atoms with Gasteiger partial charge >= 0.3 is 6.09 Å². The summed E-state index contributed by atoms with van der Waals surface area (Å²) in [6.07, 6.45) is 3.06. The van der Waals surface area contributed by atoms with Crippen LogP contribution in [0.4, 0.5) is 9.18 Å². The van der Waals surface area contributed by atoms with Crippen molar-refractivity contribution in [2.75, 3.05) is 12.9 Å². The Morgan fingerprint density at radius 3 is 2.80 bits per heavy atom. The number of amides is 1. The molecule has 0 saturated heterocycles. The van der Waals surface area contributed by atoms with E-state index < -0.39 is 17.7 Å². The molecule has 0 spiro atoms. The van der Waals surface area contributed by atoms with Crippen molar-refractivity contribution in [3.05, 3.63) is 11.9 Å². The third kappa shape index (κ3) is 5.12. The molecule has 3 unspecified atom stereocenters. The molecule has 0 bridgehead atoms. The van der Waals surface area contributed by atoms with E-state index in [0.717, 1.165) is 0 Å². The van der Waals surface area contributed by atoms with E-state index in [9.17, 15) is 9.18 Å². The summed E-state index contributed by atoms with van der Waals surface area (Å²) in [5.74, 6) is -0.482. The molecule has 0 aromatic heterocycles. The standard InChI is InChI=1S/C14H22ClFN2O2/c1-14(2,3)20-13(19)18-12-6-11(16)9(7-15)5-10(12)8-17-4/h6,8-10,12H,5,7H2,1-4H3,(H,18,19)/b17-8-. The van der Waals surface area contributed by atoms with Gasteiger partial charge in [0.15, 0.2) is 0 Å². The third-order valence-electron chi connectivity index (χ3n) is 2.96. The number of aliphatic imine (C=N–C) groups is 1. The molecule has 1 aliphatic rings. The first-order chi connectivity index (χ1) is 9.26. The summed E-state index contributed by atoms with van der Waals surface area (Å²) in [6, 6.07) is -0.465. The van der Waals surface area contributed by atoms with Gasteiger partial charge in [-0.3, -0.25) is 0 Å². The summed E-state index contributed by atoms with van der Waals surface area (Å²) >= 11 is 5.74. The molecule has 0 heterocycles. The summed E-state index contributed by atoms with van der Waals surface area (Å²) in [6.45, 7) is 5.33. The number of alkyl halides is 1. The average molecular weight is 305 g/mol. The van der Waals surface area contributed by atoms with Crippen molar-refractivity contribution < 1.29 is 13.9 Å². The van der Waals surface area contributed by atoms with Crippen LogP contribution in [0.5, 0.6) is 0 Å². The van der Waals surface area contributed by atoms with Gasteiger partial charge in [0.25, 0.3) is 0 Å². The Hall–Kier alpha value is -1.10. The largest absolute Gasteiger partial charge is 0.444 e. The van der Waals surface area contributed by atoms with Gasteiger partial charge in [0.1, 0.15) is 11.4 Å². The van der Waals surface area contributed by atoms with E-state index in [-0.39, 0.29) is 23.5 Å². The third-order valence-corrected chi connectivity index (χ3v) is 3.33. The number of allylic oxidation sites excluding steroid dienone is 1. The van der Waals surface area contributed by atoms with Crippen LogP contribution >= 0.6 is 11.6 Å². The fourth-order valence-electron chi connectivity index (χ4n) is 2.09. The highest BCUT2D eigenvalue weighted by atomic mass is 35.5. The predicted octanol–water partition coefficient (Wildman–Crippen LogP) is 3.31. The van der Waals surface area contributed by atoms with E-state index in [1.807, 2.05) is 0 Å². The van der Waals surface area contributed by atoms with Crippen molar-refractivity contribution in [1.29, 1.82) is 0 Å². The number of rotatable bonds is 3. The molecule has 0 aliphatic heterocycles. The lowest BCUT2D eigenvalue weighted by Gasteiger charge is -2.31. The summed E-state index contributed by atoms with van der Waals surface area (Å²) in [4.78, 5) is 15.8. The molecule has 0 radical (unpaired) electrons. The van der Waals surface area contributed by atoms with Crippen LogP contribution in [0.25, 0.3) is 0 Å². The Kier molecular flexibility index (Phi) is 5.99. The van der Waals surface area contributed by atoms with Crippen LogP contribution in [0.1, 0.15) is 27.2 Å². The molecule has 1 amide bonds. The minimum atomic E-state index is -0.589. The number of hydrogen-bond donors (Lipinski definition) is 1. The predicted molar refractivity (Wildman–Crippen MR) is 79.1 cm³/mol. The molecule has 20 heavy (non-hydrogen) atoms. The van der Waals surface area contributed by atoms with Crippen molar-refractivity contribution in [3.8, 4) is 0 Å². The number of halogens is 2. The molecule has 0 fully saturated rings. The number of carbonyl (C=O) groups excluding carboxylic acids is 1. The number of ether oxygens (including phenoxy) is 1. The first-order valence-corrected chi connectivity index (χ1v) is 7.15. The first-order valence-electron chi connectivity index (χ1n) is 6.61. The Bertz CT molecular complexity index is 404. The highest BCUT2D eigenvalue weighted by Crippen LogP contribution is 2.30. The van der Waals surface area contributed by atoms with Gasteiger partial charge in [0.05, 0.1) is 6.04 Å². The lowest BCUT2D eigenvalue weighted by atomic mass is 9.84. The van der Waals surface area contributed by atoms with Crippen LogP contribution in [-0.2, 0) is 4.74 Å². The monoisotopic (exact) mass is 304 g/mol. The second kappa shape index (κ2) is 7.07. The van der Waals surface area contributed by atoms with Crippen LogP contribution in [0.2, 0.25) is 0 Å². The van der Waals surface area contributed by atoms with Crippen LogP contribution in [0, 0.1) is 11.8 Å². The van der Waals surface area contributed by atoms with E-state index >= 15 is 0 Å². The van der Waals surface area contributed by atoms with E-state index in [1.165, 1.54) is 6.08 Å². The van der Waals surface area contributed by atoms with Gasteiger partial charge in [0.2, 0.25) is 0 Å². The zero-order chi connectivity index (χ0) is 15.3.